The van der Waals surface area contributed by atoms with E-state index in [1.165, 1.54) is 5.57 Å². The molecule has 0 rings (SSSR count). The first-order valence-corrected chi connectivity index (χ1v) is 4.90. The topological polar surface area (TPSA) is 17.1 Å². The van der Waals surface area contributed by atoms with Crippen molar-refractivity contribution in [3.63, 3.8) is 0 Å². The van der Waals surface area contributed by atoms with E-state index < -0.39 is 0 Å². The van der Waals surface area contributed by atoms with E-state index in [0.717, 1.165) is 25.5 Å². The molecule has 0 fully saturated rings. The first kappa shape index (κ1) is 12.2. The zero-order valence-corrected chi connectivity index (χ0v) is 8.75. The summed E-state index contributed by atoms with van der Waals surface area (Å²) in [6, 6.07) is 0. The Balaban J connectivity index is 3.65. The molecule has 0 aliphatic rings. The van der Waals surface area contributed by atoms with Crippen molar-refractivity contribution in [1.82, 2.24) is 0 Å². The molecule has 0 saturated carbocycles. The van der Waals surface area contributed by atoms with Gasteiger partial charge in [-0.05, 0) is 39.0 Å². The summed E-state index contributed by atoms with van der Waals surface area (Å²) < 4.78 is 0. The van der Waals surface area contributed by atoms with Gasteiger partial charge in [0.15, 0.2) is 0 Å². The lowest BCUT2D eigenvalue weighted by Gasteiger charge is -2.08. The first-order chi connectivity index (χ1) is 6.20. The number of allylic oxidation sites excluding steroid dienone is 3. The van der Waals surface area contributed by atoms with Crippen LogP contribution in [0.2, 0.25) is 0 Å². The van der Waals surface area contributed by atoms with Crippen LogP contribution in [0.3, 0.4) is 0 Å². The molecule has 0 saturated heterocycles. The second-order valence-electron chi connectivity index (χ2n) is 3.60. The summed E-state index contributed by atoms with van der Waals surface area (Å²) in [7, 11) is 0. The third-order valence-electron chi connectivity index (χ3n) is 2.08. The number of hydrogen-bond acceptors (Lipinski definition) is 1. The van der Waals surface area contributed by atoms with Crippen LogP contribution in [0.1, 0.15) is 39.5 Å². The average Bonchev–Trinajstić information content (AvgIpc) is 2.10. The summed E-state index contributed by atoms with van der Waals surface area (Å²) in [5.41, 5.74) is 1.36. The standard InChI is InChI=1S/C12H20O/c1-4-12(9-6-10-13)8-5-7-11(2)3/h4,7,10,12H,1,5-6,8-9H2,2-3H3. The first-order valence-electron chi connectivity index (χ1n) is 4.90. The Morgan fingerprint density at radius 1 is 1.31 bits per heavy atom. The fourth-order valence-electron chi connectivity index (χ4n) is 1.25. The monoisotopic (exact) mass is 180 g/mol. The maximum atomic E-state index is 10.2. The summed E-state index contributed by atoms with van der Waals surface area (Å²) in [6.45, 7) is 7.99. The van der Waals surface area contributed by atoms with Gasteiger partial charge in [0, 0.05) is 6.42 Å². The third-order valence-corrected chi connectivity index (χ3v) is 2.08. The Kier molecular flexibility index (Phi) is 7.27. The van der Waals surface area contributed by atoms with Crippen LogP contribution in [-0.2, 0) is 4.79 Å². The second-order valence-corrected chi connectivity index (χ2v) is 3.60. The van der Waals surface area contributed by atoms with E-state index in [-0.39, 0.29) is 0 Å². The molecular weight excluding hydrogens is 160 g/mol. The molecule has 1 atom stereocenters. The van der Waals surface area contributed by atoms with E-state index >= 15 is 0 Å². The quantitative estimate of drug-likeness (QED) is 0.433. The van der Waals surface area contributed by atoms with Crippen LogP contribution < -0.4 is 0 Å². The minimum Gasteiger partial charge on any atom is -0.303 e. The molecule has 0 aromatic carbocycles. The highest BCUT2D eigenvalue weighted by atomic mass is 16.1. The lowest BCUT2D eigenvalue weighted by atomic mass is 9.97. The fourth-order valence-corrected chi connectivity index (χ4v) is 1.25. The zero-order chi connectivity index (χ0) is 10.1. The van der Waals surface area contributed by atoms with Crippen molar-refractivity contribution < 1.29 is 4.79 Å². The van der Waals surface area contributed by atoms with Gasteiger partial charge < -0.3 is 4.79 Å². The van der Waals surface area contributed by atoms with Crippen LogP contribution in [0.4, 0.5) is 0 Å². The molecule has 0 spiro atoms. The molecule has 0 radical (unpaired) electrons. The van der Waals surface area contributed by atoms with Gasteiger partial charge in [0.05, 0.1) is 0 Å². The summed E-state index contributed by atoms with van der Waals surface area (Å²) in [6.07, 6.45) is 8.99. The minimum absolute atomic E-state index is 0.501. The number of hydrogen-bond donors (Lipinski definition) is 0. The summed E-state index contributed by atoms with van der Waals surface area (Å²) >= 11 is 0. The average molecular weight is 180 g/mol. The maximum Gasteiger partial charge on any atom is 0.120 e. The maximum absolute atomic E-state index is 10.2. The molecule has 0 aromatic heterocycles. The largest absolute Gasteiger partial charge is 0.303 e. The van der Waals surface area contributed by atoms with Crippen LogP contribution in [0.25, 0.3) is 0 Å². The van der Waals surface area contributed by atoms with Gasteiger partial charge in [0.1, 0.15) is 6.29 Å². The molecule has 74 valence electrons. The number of rotatable bonds is 7. The number of carbonyl (C=O) groups is 1. The van der Waals surface area contributed by atoms with E-state index in [1.54, 1.807) is 0 Å². The van der Waals surface area contributed by atoms with Crippen molar-refractivity contribution >= 4 is 6.29 Å². The summed E-state index contributed by atoms with van der Waals surface area (Å²) in [5.74, 6) is 0.501. The Labute approximate surface area is 81.5 Å². The fraction of sp³-hybridized carbons (Fsp3) is 0.583. The molecule has 0 N–H and O–H groups in total. The van der Waals surface area contributed by atoms with Crippen LogP contribution >= 0.6 is 0 Å². The van der Waals surface area contributed by atoms with Crippen molar-refractivity contribution in [1.29, 1.82) is 0 Å². The Morgan fingerprint density at radius 2 is 1.92 bits per heavy atom. The molecule has 13 heavy (non-hydrogen) atoms. The lowest BCUT2D eigenvalue weighted by Crippen LogP contribution is -1.95. The van der Waals surface area contributed by atoms with Crippen LogP contribution in [0, 0.1) is 5.92 Å². The van der Waals surface area contributed by atoms with Gasteiger partial charge in [-0.15, -0.1) is 6.58 Å². The SMILES string of the molecule is C=CC(CCC=O)CCC=C(C)C. The molecule has 0 aliphatic heterocycles. The second kappa shape index (κ2) is 7.78. The van der Waals surface area contributed by atoms with E-state index in [9.17, 15) is 4.79 Å². The minimum atomic E-state index is 0.501. The molecule has 1 nitrogen and oxygen atoms in total. The molecule has 0 aromatic rings. The summed E-state index contributed by atoms with van der Waals surface area (Å²) in [4.78, 5) is 10.2. The van der Waals surface area contributed by atoms with E-state index in [0.29, 0.717) is 12.3 Å². The van der Waals surface area contributed by atoms with Crippen molar-refractivity contribution in [3.05, 3.63) is 24.3 Å². The highest BCUT2D eigenvalue weighted by Gasteiger charge is 2.01. The molecule has 0 aliphatic carbocycles. The predicted molar refractivity (Wildman–Crippen MR) is 57.7 cm³/mol. The number of aldehydes is 1. The van der Waals surface area contributed by atoms with Gasteiger partial charge >= 0.3 is 0 Å². The van der Waals surface area contributed by atoms with Crippen molar-refractivity contribution in [2.24, 2.45) is 5.92 Å². The predicted octanol–water partition coefficient (Wildman–Crippen LogP) is 3.51. The van der Waals surface area contributed by atoms with E-state index in [4.69, 9.17) is 0 Å². The van der Waals surface area contributed by atoms with Gasteiger partial charge in [0.25, 0.3) is 0 Å². The molecule has 0 heterocycles. The Bertz CT molecular complexity index is 176. The molecule has 1 heteroatoms. The van der Waals surface area contributed by atoms with Gasteiger partial charge in [-0.1, -0.05) is 17.7 Å². The normalized spacial score (nSPS) is 11.8. The zero-order valence-electron chi connectivity index (χ0n) is 8.75. The number of carbonyl (C=O) groups excluding carboxylic acids is 1. The van der Waals surface area contributed by atoms with E-state index in [2.05, 4.69) is 26.5 Å². The van der Waals surface area contributed by atoms with Crippen molar-refractivity contribution in [2.75, 3.05) is 0 Å². The highest BCUT2D eigenvalue weighted by molar-refractivity contribution is 5.49. The van der Waals surface area contributed by atoms with Gasteiger partial charge in [0.2, 0.25) is 0 Å². The molecule has 0 amide bonds. The van der Waals surface area contributed by atoms with Gasteiger partial charge in [-0.25, -0.2) is 0 Å². The molecule has 0 bridgehead atoms. The lowest BCUT2D eigenvalue weighted by molar-refractivity contribution is -0.108. The van der Waals surface area contributed by atoms with Crippen molar-refractivity contribution in [2.45, 2.75) is 39.5 Å². The van der Waals surface area contributed by atoms with E-state index in [1.807, 2.05) is 6.08 Å². The smallest absolute Gasteiger partial charge is 0.120 e. The Hall–Kier alpha value is -0.850. The Morgan fingerprint density at radius 3 is 2.38 bits per heavy atom. The molecular formula is C12H20O. The molecule has 1 unspecified atom stereocenters. The van der Waals surface area contributed by atoms with Crippen molar-refractivity contribution in [3.8, 4) is 0 Å². The third kappa shape index (κ3) is 7.51. The highest BCUT2D eigenvalue weighted by Crippen LogP contribution is 2.14. The van der Waals surface area contributed by atoms with Gasteiger partial charge in [-0.2, -0.15) is 0 Å². The van der Waals surface area contributed by atoms with Gasteiger partial charge in [-0.3, -0.25) is 0 Å². The van der Waals surface area contributed by atoms with Crippen LogP contribution in [-0.4, -0.2) is 6.29 Å². The van der Waals surface area contributed by atoms with Crippen LogP contribution in [0.5, 0.6) is 0 Å². The van der Waals surface area contributed by atoms with Crippen LogP contribution in [0.15, 0.2) is 24.3 Å². The summed E-state index contributed by atoms with van der Waals surface area (Å²) in [5, 5.41) is 0.